The summed E-state index contributed by atoms with van der Waals surface area (Å²) in [6, 6.07) is 15.3. The maximum Gasteiger partial charge on any atom is 0.205 e. The van der Waals surface area contributed by atoms with Gasteiger partial charge in [-0.25, -0.2) is 4.98 Å². The number of halogens is 1. The molecule has 0 aliphatic carbocycles. The Labute approximate surface area is 177 Å². The van der Waals surface area contributed by atoms with E-state index < -0.39 is 0 Å². The molecular weight excluding hydrogens is 408 g/mol. The van der Waals surface area contributed by atoms with E-state index in [0.717, 1.165) is 34.4 Å². The number of ether oxygens (including phenoxy) is 1. The highest BCUT2D eigenvalue weighted by atomic mass is 35.5. The second-order valence-electron chi connectivity index (χ2n) is 6.20. The van der Waals surface area contributed by atoms with Gasteiger partial charge in [0.05, 0.1) is 19.1 Å². The van der Waals surface area contributed by atoms with Crippen LogP contribution in [0.4, 0.5) is 0 Å². The van der Waals surface area contributed by atoms with Gasteiger partial charge in [-0.2, -0.15) is 0 Å². The van der Waals surface area contributed by atoms with Crippen LogP contribution in [0.3, 0.4) is 0 Å². The minimum atomic E-state index is 0.557. The number of benzene rings is 2. The molecule has 6 nitrogen and oxygen atoms in total. The number of aromatic nitrogens is 4. The molecule has 0 atom stereocenters. The van der Waals surface area contributed by atoms with Crippen LogP contribution >= 0.6 is 23.4 Å². The Morgan fingerprint density at radius 3 is 2.66 bits per heavy atom. The summed E-state index contributed by atoms with van der Waals surface area (Å²) in [5.41, 5.74) is 1.89. The normalized spacial score (nSPS) is 11.0. The Kier molecular flexibility index (Phi) is 5.87. The van der Waals surface area contributed by atoms with Gasteiger partial charge in [-0.1, -0.05) is 35.5 Å². The second kappa shape index (κ2) is 8.71. The van der Waals surface area contributed by atoms with Gasteiger partial charge in [-0.05, 0) is 43.3 Å². The van der Waals surface area contributed by atoms with Crippen molar-refractivity contribution in [2.24, 2.45) is 0 Å². The third-order valence-electron chi connectivity index (χ3n) is 4.37. The molecule has 0 spiro atoms. The summed E-state index contributed by atoms with van der Waals surface area (Å²) < 4.78 is 13.2. The number of methoxy groups -OCH3 is 1. The van der Waals surface area contributed by atoms with E-state index in [1.54, 1.807) is 25.1 Å². The van der Waals surface area contributed by atoms with Crippen molar-refractivity contribution in [3.63, 3.8) is 0 Å². The number of nitrogens with zero attached hydrogens (tertiary/aromatic N) is 4. The molecule has 4 rings (SSSR count). The molecule has 0 unspecified atom stereocenters. The average molecular weight is 427 g/mol. The maximum absolute atomic E-state index is 6.05. The van der Waals surface area contributed by atoms with Crippen LogP contribution in [-0.2, 0) is 12.3 Å². The van der Waals surface area contributed by atoms with Crippen molar-refractivity contribution >= 4 is 23.4 Å². The molecule has 148 valence electrons. The molecule has 0 aliphatic heterocycles. The number of hydrogen-bond donors (Lipinski definition) is 0. The van der Waals surface area contributed by atoms with Crippen LogP contribution in [0.2, 0.25) is 5.02 Å². The summed E-state index contributed by atoms with van der Waals surface area (Å²) in [6.07, 6.45) is 1.72. The third kappa shape index (κ3) is 4.31. The summed E-state index contributed by atoms with van der Waals surface area (Å²) in [4.78, 5) is 4.37. The van der Waals surface area contributed by atoms with E-state index >= 15 is 0 Å². The van der Waals surface area contributed by atoms with Crippen molar-refractivity contribution in [3.05, 3.63) is 65.6 Å². The number of rotatable bonds is 7. The Morgan fingerprint density at radius 1 is 1.10 bits per heavy atom. The predicted molar refractivity (Wildman–Crippen MR) is 114 cm³/mol. The van der Waals surface area contributed by atoms with Crippen LogP contribution in [0, 0.1) is 0 Å². The predicted octanol–water partition coefficient (Wildman–Crippen LogP) is 5.57. The molecule has 0 N–H and O–H groups in total. The van der Waals surface area contributed by atoms with E-state index in [9.17, 15) is 0 Å². The summed E-state index contributed by atoms with van der Waals surface area (Å²) in [5.74, 6) is 3.51. The lowest BCUT2D eigenvalue weighted by Crippen LogP contribution is -2.00. The van der Waals surface area contributed by atoms with Crippen LogP contribution in [-0.4, -0.2) is 26.9 Å². The minimum absolute atomic E-state index is 0.557. The van der Waals surface area contributed by atoms with Gasteiger partial charge in [0.15, 0.2) is 16.7 Å². The van der Waals surface area contributed by atoms with E-state index in [1.807, 2.05) is 48.5 Å². The molecule has 0 radical (unpaired) electrons. The van der Waals surface area contributed by atoms with Gasteiger partial charge in [0.25, 0.3) is 0 Å². The van der Waals surface area contributed by atoms with Gasteiger partial charge in [-0.15, -0.1) is 10.2 Å². The summed E-state index contributed by atoms with van der Waals surface area (Å²) in [6.45, 7) is 2.83. The van der Waals surface area contributed by atoms with Gasteiger partial charge in [0.2, 0.25) is 5.89 Å². The molecule has 0 saturated heterocycles. The zero-order valence-electron chi connectivity index (χ0n) is 16.0. The fourth-order valence-corrected chi connectivity index (χ4v) is 3.96. The highest BCUT2D eigenvalue weighted by Gasteiger charge is 2.15. The molecule has 0 bridgehead atoms. The third-order valence-corrected chi connectivity index (χ3v) is 5.56. The Morgan fingerprint density at radius 2 is 1.93 bits per heavy atom. The Bertz CT molecular complexity index is 1110. The fraction of sp³-hybridized carbons (Fsp3) is 0.190. The minimum Gasteiger partial charge on any atom is -0.497 e. The molecular formula is C21H19ClN4O2S. The lowest BCUT2D eigenvalue weighted by Gasteiger charge is -2.07. The Balaban J connectivity index is 1.50. The van der Waals surface area contributed by atoms with Gasteiger partial charge >= 0.3 is 0 Å². The first-order chi connectivity index (χ1) is 14.2. The molecule has 4 aromatic rings. The molecule has 8 heteroatoms. The van der Waals surface area contributed by atoms with E-state index in [-0.39, 0.29) is 0 Å². The van der Waals surface area contributed by atoms with Gasteiger partial charge in [-0.3, -0.25) is 0 Å². The van der Waals surface area contributed by atoms with Crippen molar-refractivity contribution < 1.29 is 9.15 Å². The van der Waals surface area contributed by atoms with Crippen LogP contribution in [0.15, 0.2) is 64.3 Å². The quantitative estimate of drug-likeness (QED) is 0.360. The SMILES string of the molecule is CCn1c(SCc2ncc(-c3cccc(Cl)c3)o2)nnc1-c1ccc(OC)cc1. The van der Waals surface area contributed by atoms with E-state index in [2.05, 4.69) is 26.7 Å². The lowest BCUT2D eigenvalue weighted by atomic mass is 10.2. The van der Waals surface area contributed by atoms with E-state index in [0.29, 0.717) is 22.4 Å². The Hall–Kier alpha value is -2.77. The number of hydrogen-bond acceptors (Lipinski definition) is 6. The van der Waals surface area contributed by atoms with Crippen molar-refractivity contribution in [2.75, 3.05) is 7.11 Å². The molecule has 2 aromatic heterocycles. The number of thioether (sulfide) groups is 1. The van der Waals surface area contributed by atoms with Gasteiger partial charge < -0.3 is 13.7 Å². The van der Waals surface area contributed by atoms with Crippen LogP contribution in [0.5, 0.6) is 5.75 Å². The second-order valence-corrected chi connectivity index (χ2v) is 7.58. The standard InChI is InChI=1S/C21H19ClN4O2S/c1-3-26-20(14-7-9-17(27-2)10-8-14)24-25-21(26)29-13-19-23-12-18(28-19)15-5-4-6-16(22)11-15/h4-12H,3,13H2,1-2H3. The van der Waals surface area contributed by atoms with Crippen molar-refractivity contribution in [3.8, 4) is 28.5 Å². The van der Waals surface area contributed by atoms with E-state index in [4.69, 9.17) is 20.8 Å². The molecule has 0 amide bonds. The first-order valence-corrected chi connectivity index (χ1v) is 10.5. The molecule has 0 fully saturated rings. The van der Waals surface area contributed by atoms with Crippen molar-refractivity contribution in [2.45, 2.75) is 24.4 Å². The topological polar surface area (TPSA) is 66.0 Å². The van der Waals surface area contributed by atoms with Crippen LogP contribution in [0.1, 0.15) is 12.8 Å². The fourth-order valence-electron chi connectivity index (χ4n) is 2.91. The van der Waals surface area contributed by atoms with Crippen molar-refractivity contribution in [1.29, 1.82) is 0 Å². The zero-order chi connectivity index (χ0) is 20.2. The van der Waals surface area contributed by atoms with Crippen molar-refractivity contribution in [1.82, 2.24) is 19.7 Å². The molecule has 0 saturated carbocycles. The average Bonchev–Trinajstić information content (AvgIpc) is 3.39. The molecule has 2 heterocycles. The molecule has 2 aromatic carbocycles. The molecule has 29 heavy (non-hydrogen) atoms. The largest absolute Gasteiger partial charge is 0.497 e. The lowest BCUT2D eigenvalue weighted by molar-refractivity contribution is 0.415. The highest BCUT2D eigenvalue weighted by molar-refractivity contribution is 7.98. The highest BCUT2D eigenvalue weighted by Crippen LogP contribution is 2.29. The first-order valence-electron chi connectivity index (χ1n) is 9.09. The maximum atomic E-state index is 6.05. The molecule has 0 aliphatic rings. The van der Waals surface area contributed by atoms with E-state index in [1.165, 1.54) is 0 Å². The zero-order valence-corrected chi connectivity index (χ0v) is 17.6. The van der Waals surface area contributed by atoms with Crippen LogP contribution < -0.4 is 4.74 Å². The smallest absolute Gasteiger partial charge is 0.205 e. The van der Waals surface area contributed by atoms with Crippen LogP contribution in [0.25, 0.3) is 22.7 Å². The summed E-state index contributed by atoms with van der Waals surface area (Å²) in [7, 11) is 1.65. The summed E-state index contributed by atoms with van der Waals surface area (Å²) >= 11 is 7.60. The van der Waals surface area contributed by atoms with Gasteiger partial charge in [0.1, 0.15) is 5.75 Å². The monoisotopic (exact) mass is 426 g/mol. The summed E-state index contributed by atoms with van der Waals surface area (Å²) in [5, 5.41) is 10.2. The van der Waals surface area contributed by atoms with Gasteiger partial charge in [0, 0.05) is 22.7 Å². The number of oxazole rings is 1. The first kappa shape index (κ1) is 19.5.